The Bertz CT molecular complexity index is 1330. The fourth-order valence-electron chi connectivity index (χ4n) is 2.68. The monoisotopic (exact) mass is 491 g/mol. The van der Waals surface area contributed by atoms with Crippen molar-refractivity contribution < 1.29 is 43.6 Å². The number of halogens is 1. The molecule has 2 heterocycles. The van der Waals surface area contributed by atoms with E-state index in [1.54, 1.807) is 6.92 Å². The molecule has 2 aromatic rings. The number of benzene rings is 2. The van der Waals surface area contributed by atoms with Crippen LogP contribution in [0.2, 0.25) is 0 Å². The molecule has 8 nitrogen and oxygen atoms in total. The van der Waals surface area contributed by atoms with E-state index in [0.29, 0.717) is 11.1 Å². The van der Waals surface area contributed by atoms with Gasteiger partial charge in [0.25, 0.3) is 0 Å². The van der Waals surface area contributed by atoms with Crippen molar-refractivity contribution in [3.8, 4) is 23.0 Å². The average molecular weight is 492 g/mol. The van der Waals surface area contributed by atoms with E-state index in [4.69, 9.17) is 38.8 Å². The molecule has 182 valence electrons. The third kappa shape index (κ3) is 7.91. The number of carbonyl (C=O) groups is 1. The first-order chi connectivity index (χ1) is 19.5. The molecule has 1 amide bonds. The van der Waals surface area contributed by atoms with Crippen molar-refractivity contribution in [3.05, 3.63) is 47.5 Å². The summed E-state index contributed by atoms with van der Waals surface area (Å²) < 4.78 is 108. The van der Waals surface area contributed by atoms with Gasteiger partial charge in [-0.15, -0.1) is 12.4 Å². The van der Waals surface area contributed by atoms with Crippen LogP contribution in [-0.4, -0.2) is 45.2 Å². The smallest absolute Gasteiger partial charge is 0.407 e. The van der Waals surface area contributed by atoms with E-state index in [0.717, 1.165) is 0 Å². The Hall–Kier alpha value is -2.84. The van der Waals surface area contributed by atoms with Crippen LogP contribution in [0.15, 0.2) is 36.4 Å². The molecule has 4 rings (SSSR count). The molecule has 2 aliphatic heterocycles. The van der Waals surface area contributed by atoms with Crippen LogP contribution in [0.5, 0.6) is 23.0 Å². The van der Waals surface area contributed by atoms with Gasteiger partial charge in [-0.1, -0.05) is 12.1 Å². The van der Waals surface area contributed by atoms with Gasteiger partial charge in [-0.3, -0.25) is 0 Å². The molecule has 2 aromatic carbocycles. The highest BCUT2D eigenvalue weighted by Crippen LogP contribution is 2.33. The maximum Gasteiger partial charge on any atom is 0.407 e. The standard InChI is InChI=1S/C13H17NO4.C11H15NO2.ClH/c1-3-16-13(15)14-9(2)6-10-4-5-11-12(7-10)18-8-17-11;1-8(12-2)5-9-3-4-10-11(6-9)14-7-13-10;/h4-5,7,9H,3,6,8H2,1-2H3,(H,14,15);3-4,6,8,12H,5,7H2,1-2H3;1H/i6D,8D2,9D;2D3,5D,7D2,8D;. The van der Waals surface area contributed by atoms with Gasteiger partial charge < -0.3 is 34.3 Å². The van der Waals surface area contributed by atoms with Gasteiger partial charge in [-0.25, -0.2) is 4.79 Å². The van der Waals surface area contributed by atoms with Gasteiger partial charge in [0.2, 0.25) is 13.5 Å². The second-order valence-electron chi connectivity index (χ2n) is 6.61. The first-order valence-electron chi connectivity index (χ1n) is 15.3. The fraction of sp³-hybridized carbons (Fsp3) is 0.458. The number of rotatable bonds is 7. The van der Waals surface area contributed by atoms with E-state index >= 15 is 0 Å². The van der Waals surface area contributed by atoms with Crippen LogP contribution in [0.3, 0.4) is 0 Å². The lowest BCUT2D eigenvalue weighted by Gasteiger charge is -2.13. The molecule has 2 N–H and O–H groups in total. The number of fused-ring (bicyclic) bond motifs is 2. The van der Waals surface area contributed by atoms with Crippen molar-refractivity contribution >= 4 is 18.5 Å². The predicted molar refractivity (Wildman–Crippen MR) is 128 cm³/mol. The number of hydrogen-bond acceptors (Lipinski definition) is 7. The van der Waals surface area contributed by atoms with Gasteiger partial charge in [0, 0.05) is 20.3 Å². The number of nitrogens with one attached hydrogen (secondary N) is 2. The molecule has 0 aliphatic carbocycles. The van der Waals surface area contributed by atoms with E-state index < -0.39 is 51.4 Å². The third-order valence-electron chi connectivity index (χ3n) is 4.08. The lowest BCUT2D eigenvalue weighted by atomic mass is 10.1. The molecule has 0 bridgehead atoms. The Morgan fingerprint density at radius 3 is 2.06 bits per heavy atom. The van der Waals surface area contributed by atoms with E-state index in [2.05, 4.69) is 10.6 Å². The Morgan fingerprint density at radius 1 is 1.03 bits per heavy atom. The Labute approximate surface area is 216 Å². The molecule has 0 fully saturated rings. The zero-order valence-electron chi connectivity index (χ0n) is 29.2. The van der Waals surface area contributed by atoms with Crippen molar-refractivity contribution in [2.24, 2.45) is 0 Å². The normalized spacial score (nSPS) is 26.5. The highest BCUT2D eigenvalue weighted by Gasteiger charge is 2.15. The van der Waals surface area contributed by atoms with Crippen LogP contribution >= 0.6 is 12.4 Å². The Morgan fingerprint density at radius 2 is 1.55 bits per heavy atom. The van der Waals surface area contributed by atoms with Crippen molar-refractivity contribution in [1.82, 2.24) is 10.6 Å². The largest absolute Gasteiger partial charge is 0.454 e. The van der Waals surface area contributed by atoms with E-state index in [1.807, 2.05) is 0 Å². The molecular formula is C24H33ClN2O6. The third-order valence-corrected chi connectivity index (χ3v) is 4.08. The number of ether oxygens (including phenoxy) is 5. The van der Waals surface area contributed by atoms with Crippen molar-refractivity contribution in [3.63, 3.8) is 0 Å². The lowest BCUT2D eigenvalue weighted by molar-refractivity contribution is 0.149. The minimum atomic E-state index is -2.54. The van der Waals surface area contributed by atoms with E-state index in [-0.39, 0.29) is 42.0 Å². The average Bonchev–Trinajstić information content (AvgIpc) is 3.32. The summed E-state index contributed by atoms with van der Waals surface area (Å²) in [6, 6.07) is 5.34. The summed E-state index contributed by atoms with van der Waals surface area (Å²) in [5, 5.41) is 4.42. The van der Waals surface area contributed by atoms with Crippen LogP contribution < -0.4 is 29.6 Å². The number of carbonyl (C=O) groups excluding carboxylic acids is 1. The molecule has 33 heavy (non-hydrogen) atoms. The topological polar surface area (TPSA) is 87.3 Å². The van der Waals surface area contributed by atoms with Gasteiger partial charge in [0.05, 0.1) is 7.98 Å². The fourth-order valence-corrected chi connectivity index (χ4v) is 2.68. The number of hydrogen-bond donors (Lipinski definition) is 2. The summed E-state index contributed by atoms with van der Waals surface area (Å²) in [5.74, 6) is 0.712. The summed E-state index contributed by atoms with van der Waals surface area (Å²) in [7, 11) is 0. The molecule has 0 saturated carbocycles. The lowest BCUT2D eigenvalue weighted by Crippen LogP contribution is -2.34. The van der Waals surface area contributed by atoms with Crippen LogP contribution in [0, 0.1) is 0 Å². The maximum atomic E-state index is 11.4. The summed E-state index contributed by atoms with van der Waals surface area (Å²) >= 11 is 0. The summed E-state index contributed by atoms with van der Waals surface area (Å²) in [4.78, 5) is 11.4. The summed E-state index contributed by atoms with van der Waals surface area (Å²) in [6.45, 7) is -2.56. The first kappa shape index (κ1) is 14.4. The number of likely N-dealkylation sites (N-methyl/N-ethyl adjacent to an activating group) is 1. The molecule has 0 radical (unpaired) electrons. The van der Waals surface area contributed by atoms with Gasteiger partial charge in [-0.2, -0.15) is 0 Å². The molecule has 2 aliphatic rings. The summed E-state index contributed by atoms with van der Waals surface area (Å²) in [5.41, 5.74) is 0.707. The van der Waals surface area contributed by atoms with Crippen molar-refractivity contribution in [2.45, 2.75) is 45.6 Å². The van der Waals surface area contributed by atoms with Crippen LogP contribution in [-0.2, 0) is 17.5 Å². The van der Waals surface area contributed by atoms with Crippen molar-refractivity contribution in [1.29, 1.82) is 0 Å². The van der Waals surface area contributed by atoms with Crippen LogP contribution in [0.25, 0.3) is 0 Å². The molecule has 9 heteroatoms. The SMILES string of the molecule is Cl.[2H]C(c1ccc2c(c1)OC([2H])([2H])O2)C([2H])(C)NC(=O)OCC.[2H]C(c1ccc2c(c1)OC([2H])([2H])O2)C([2H])(C)NC([2H])([2H])[2H]. The van der Waals surface area contributed by atoms with E-state index in [9.17, 15) is 4.79 Å². The second-order valence-corrected chi connectivity index (χ2v) is 6.61. The predicted octanol–water partition coefficient (Wildman–Crippen LogP) is 4.08. The molecule has 0 spiro atoms. The first-order valence-corrected chi connectivity index (χ1v) is 9.67. The van der Waals surface area contributed by atoms with E-state index in [1.165, 1.54) is 50.2 Å². The Kier molecular flexibility index (Phi) is 5.69. The van der Waals surface area contributed by atoms with Gasteiger partial charge >= 0.3 is 6.09 Å². The van der Waals surface area contributed by atoms with Gasteiger partial charge in [-0.05, 0) is 75.9 Å². The Balaban J connectivity index is 0.000000300. The highest BCUT2D eigenvalue weighted by molar-refractivity contribution is 5.85. The molecule has 4 unspecified atom stereocenters. The molecule has 0 aromatic heterocycles. The number of amides is 1. The van der Waals surface area contributed by atoms with Crippen LogP contribution in [0.4, 0.5) is 4.79 Å². The quantitative estimate of drug-likeness (QED) is 0.603. The number of alkyl carbamates (subject to hydrolysis) is 1. The molecule has 4 atom stereocenters. The second kappa shape index (κ2) is 13.0. The van der Waals surface area contributed by atoms with Crippen molar-refractivity contribution in [2.75, 3.05) is 27.1 Å². The van der Waals surface area contributed by atoms with Gasteiger partial charge in [0.1, 0.15) is 5.48 Å². The zero-order valence-corrected chi connectivity index (χ0v) is 19.0. The summed E-state index contributed by atoms with van der Waals surface area (Å²) in [6.07, 6.45) is -3.11. The van der Waals surface area contributed by atoms with Crippen LogP contribution in [0.1, 0.15) is 47.0 Å². The molecule has 0 saturated heterocycles. The molecular weight excluding hydrogens is 448 g/mol. The minimum Gasteiger partial charge on any atom is -0.454 e. The van der Waals surface area contributed by atoms with Gasteiger partial charge in [0.15, 0.2) is 23.0 Å². The minimum absolute atomic E-state index is 0. The highest BCUT2D eigenvalue weighted by atomic mass is 35.5. The maximum absolute atomic E-state index is 11.4. The zero-order chi connectivity index (χ0) is 32.6.